The van der Waals surface area contributed by atoms with E-state index in [0.717, 1.165) is 0 Å². The molecule has 8 heteroatoms. The lowest BCUT2D eigenvalue weighted by molar-refractivity contribution is -0.128. The number of para-hydroxylation sites is 1. The molecule has 0 aliphatic heterocycles. The van der Waals surface area contributed by atoms with Crippen LogP contribution >= 0.6 is 0 Å². The Morgan fingerprint density at radius 3 is 2.61 bits per heavy atom. The maximum Gasteiger partial charge on any atom is 0.387 e. The quantitative estimate of drug-likeness (QED) is 0.587. The first-order valence-corrected chi connectivity index (χ1v) is 7.11. The van der Waals surface area contributed by atoms with Gasteiger partial charge in [0.1, 0.15) is 5.75 Å². The molecule has 0 heterocycles. The molecule has 0 radical (unpaired) electrons. The molecular formula is C15H22F2N4O2. The Morgan fingerprint density at radius 2 is 2.00 bits per heavy atom. The summed E-state index contributed by atoms with van der Waals surface area (Å²) in [7, 11) is 4.97. The van der Waals surface area contributed by atoms with E-state index in [1.807, 2.05) is 0 Å². The average Bonchev–Trinajstić information content (AvgIpc) is 2.51. The van der Waals surface area contributed by atoms with Gasteiger partial charge < -0.3 is 20.3 Å². The van der Waals surface area contributed by atoms with Crippen molar-refractivity contribution >= 4 is 11.9 Å². The first-order chi connectivity index (χ1) is 10.9. The van der Waals surface area contributed by atoms with Crippen LogP contribution in [0, 0.1) is 0 Å². The van der Waals surface area contributed by atoms with Crippen molar-refractivity contribution in [3.05, 3.63) is 29.8 Å². The van der Waals surface area contributed by atoms with Crippen LogP contribution in [-0.2, 0) is 11.3 Å². The van der Waals surface area contributed by atoms with Gasteiger partial charge in [0, 0.05) is 46.2 Å². The van der Waals surface area contributed by atoms with Crippen molar-refractivity contribution < 1.29 is 18.3 Å². The van der Waals surface area contributed by atoms with Crippen LogP contribution in [-0.4, -0.2) is 51.1 Å². The number of aliphatic imine (C=N–C) groups is 1. The van der Waals surface area contributed by atoms with E-state index in [2.05, 4.69) is 20.4 Å². The first-order valence-electron chi connectivity index (χ1n) is 7.11. The van der Waals surface area contributed by atoms with E-state index >= 15 is 0 Å². The molecule has 0 saturated heterocycles. The number of alkyl halides is 2. The molecule has 0 aliphatic rings. The number of nitrogens with one attached hydrogen (secondary N) is 2. The van der Waals surface area contributed by atoms with Crippen molar-refractivity contribution in [2.45, 2.75) is 19.6 Å². The number of carbonyl (C=O) groups is 1. The summed E-state index contributed by atoms with van der Waals surface area (Å²) >= 11 is 0. The number of nitrogens with zero attached hydrogens (tertiary/aromatic N) is 2. The Balaban J connectivity index is 2.50. The Hall–Kier alpha value is -2.38. The number of benzene rings is 1. The van der Waals surface area contributed by atoms with Gasteiger partial charge in [-0.1, -0.05) is 18.2 Å². The van der Waals surface area contributed by atoms with Gasteiger partial charge in [0.05, 0.1) is 0 Å². The second kappa shape index (κ2) is 9.60. The SMILES string of the molecule is CN=C(NCCC(=O)N(C)C)NCc1ccccc1OC(F)F. The second-order valence-corrected chi connectivity index (χ2v) is 4.88. The number of ether oxygens (including phenoxy) is 1. The lowest BCUT2D eigenvalue weighted by Gasteiger charge is -2.15. The van der Waals surface area contributed by atoms with Crippen molar-refractivity contribution in [3.63, 3.8) is 0 Å². The minimum Gasteiger partial charge on any atom is -0.434 e. The highest BCUT2D eigenvalue weighted by molar-refractivity contribution is 5.81. The molecule has 0 fully saturated rings. The summed E-state index contributed by atoms with van der Waals surface area (Å²) in [5.41, 5.74) is 0.583. The van der Waals surface area contributed by atoms with Crippen molar-refractivity contribution in [3.8, 4) is 5.75 Å². The fourth-order valence-corrected chi connectivity index (χ4v) is 1.77. The molecule has 0 bridgehead atoms. The van der Waals surface area contributed by atoms with Crippen molar-refractivity contribution in [2.75, 3.05) is 27.7 Å². The smallest absolute Gasteiger partial charge is 0.387 e. The van der Waals surface area contributed by atoms with Crippen molar-refractivity contribution in [2.24, 2.45) is 4.99 Å². The topological polar surface area (TPSA) is 66.0 Å². The lowest BCUT2D eigenvalue weighted by Crippen LogP contribution is -2.38. The van der Waals surface area contributed by atoms with Crippen LogP contribution in [0.4, 0.5) is 8.78 Å². The van der Waals surface area contributed by atoms with Crippen LogP contribution in [0.2, 0.25) is 0 Å². The first kappa shape index (κ1) is 18.7. The standard InChI is InChI=1S/C15H22F2N4O2/c1-18-15(19-9-8-13(22)21(2)3)20-10-11-6-4-5-7-12(11)23-14(16)17/h4-7,14H,8-10H2,1-3H3,(H2,18,19,20). The molecule has 0 aromatic heterocycles. The number of halogens is 2. The van der Waals surface area contributed by atoms with Crippen LogP contribution in [0.1, 0.15) is 12.0 Å². The minimum atomic E-state index is -2.87. The predicted octanol–water partition coefficient (Wildman–Crippen LogP) is 1.43. The van der Waals surface area contributed by atoms with E-state index in [0.29, 0.717) is 24.5 Å². The highest BCUT2D eigenvalue weighted by Gasteiger charge is 2.09. The number of hydrogen-bond acceptors (Lipinski definition) is 3. The van der Waals surface area contributed by atoms with Gasteiger partial charge in [-0.25, -0.2) is 0 Å². The van der Waals surface area contributed by atoms with Gasteiger partial charge in [-0.05, 0) is 6.07 Å². The van der Waals surface area contributed by atoms with E-state index in [-0.39, 0.29) is 18.2 Å². The summed E-state index contributed by atoms with van der Waals surface area (Å²) in [5.74, 6) is 0.597. The summed E-state index contributed by atoms with van der Waals surface area (Å²) in [4.78, 5) is 17.0. The maximum atomic E-state index is 12.4. The number of hydrogen-bond donors (Lipinski definition) is 2. The van der Waals surface area contributed by atoms with Gasteiger partial charge in [-0.15, -0.1) is 0 Å². The van der Waals surface area contributed by atoms with E-state index < -0.39 is 6.61 Å². The van der Waals surface area contributed by atoms with E-state index in [4.69, 9.17) is 0 Å². The van der Waals surface area contributed by atoms with Gasteiger partial charge in [0.15, 0.2) is 5.96 Å². The maximum absolute atomic E-state index is 12.4. The van der Waals surface area contributed by atoms with Crippen LogP contribution in [0.15, 0.2) is 29.3 Å². The predicted molar refractivity (Wildman–Crippen MR) is 84.6 cm³/mol. The summed E-state index contributed by atoms with van der Waals surface area (Å²) in [5, 5.41) is 5.98. The monoisotopic (exact) mass is 328 g/mol. The Labute approximate surface area is 134 Å². The molecule has 0 saturated carbocycles. The third kappa shape index (κ3) is 6.94. The molecule has 1 rings (SSSR count). The Bertz CT molecular complexity index is 536. The molecule has 128 valence electrons. The van der Waals surface area contributed by atoms with Gasteiger partial charge in [-0.2, -0.15) is 8.78 Å². The van der Waals surface area contributed by atoms with E-state index in [1.165, 1.54) is 11.0 Å². The molecule has 0 atom stereocenters. The zero-order chi connectivity index (χ0) is 17.2. The molecule has 1 aromatic rings. The molecule has 0 aliphatic carbocycles. The fourth-order valence-electron chi connectivity index (χ4n) is 1.77. The van der Waals surface area contributed by atoms with Gasteiger partial charge in [-0.3, -0.25) is 9.79 Å². The van der Waals surface area contributed by atoms with Crippen molar-refractivity contribution in [1.82, 2.24) is 15.5 Å². The largest absolute Gasteiger partial charge is 0.434 e. The second-order valence-electron chi connectivity index (χ2n) is 4.88. The molecule has 1 aromatic carbocycles. The van der Waals surface area contributed by atoms with Gasteiger partial charge in [0.2, 0.25) is 5.91 Å². The number of guanidine groups is 1. The lowest BCUT2D eigenvalue weighted by atomic mass is 10.2. The number of carbonyl (C=O) groups excluding carboxylic acids is 1. The molecule has 1 amide bonds. The Kier molecular flexibility index (Phi) is 7.79. The Morgan fingerprint density at radius 1 is 1.30 bits per heavy atom. The van der Waals surface area contributed by atoms with Crippen LogP contribution in [0.25, 0.3) is 0 Å². The molecule has 6 nitrogen and oxygen atoms in total. The molecular weight excluding hydrogens is 306 g/mol. The molecule has 0 unspecified atom stereocenters. The highest BCUT2D eigenvalue weighted by atomic mass is 19.3. The summed E-state index contributed by atoms with van der Waals surface area (Å²) in [6, 6.07) is 6.53. The fraction of sp³-hybridized carbons (Fsp3) is 0.467. The average molecular weight is 328 g/mol. The minimum absolute atomic E-state index is 0.00336. The zero-order valence-corrected chi connectivity index (χ0v) is 13.5. The summed E-state index contributed by atoms with van der Waals surface area (Å²) in [6.07, 6.45) is 0.332. The van der Waals surface area contributed by atoms with E-state index in [1.54, 1.807) is 39.3 Å². The molecule has 2 N–H and O–H groups in total. The number of rotatable bonds is 7. The van der Waals surface area contributed by atoms with Crippen LogP contribution in [0.3, 0.4) is 0 Å². The number of amides is 1. The molecule has 0 spiro atoms. The summed E-state index contributed by atoms with van der Waals surface area (Å²) < 4.78 is 29.2. The van der Waals surface area contributed by atoms with Gasteiger partial charge in [0.25, 0.3) is 0 Å². The summed E-state index contributed by atoms with van der Waals surface area (Å²) in [6.45, 7) is -2.18. The zero-order valence-electron chi connectivity index (χ0n) is 13.5. The van der Waals surface area contributed by atoms with Gasteiger partial charge >= 0.3 is 6.61 Å². The molecule has 23 heavy (non-hydrogen) atoms. The van der Waals surface area contributed by atoms with Crippen LogP contribution < -0.4 is 15.4 Å². The van der Waals surface area contributed by atoms with Crippen LogP contribution in [0.5, 0.6) is 5.75 Å². The normalized spacial score (nSPS) is 11.3. The highest BCUT2D eigenvalue weighted by Crippen LogP contribution is 2.19. The third-order valence-corrected chi connectivity index (χ3v) is 2.99. The van der Waals surface area contributed by atoms with Crippen molar-refractivity contribution in [1.29, 1.82) is 0 Å². The third-order valence-electron chi connectivity index (χ3n) is 2.99. The van der Waals surface area contributed by atoms with E-state index in [9.17, 15) is 13.6 Å².